The van der Waals surface area contributed by atoms with E-state index in [0.717, 1.165) is 23.8 Å². The molecule has 1 aromatic heterocycles. The lowest BCUT2D eigenvalue weighted by Gasteiger charge is -2.20. The third-order valence-electron chi connectivity index (χ3n) is 3.99. The van der Waals surface area contributed by atoms with Crippen LogP contribution >= 0.6 is 35.3 Å². The van der Waals surface area contributed by atoms with Crippen LogP contribution in [0.3, 0.4) is 0 Å². The highest BCUT2D eigenvalue weighted by molar-refractivity contribution is 14.0. The van der Waals surface area contributed by atoms with Crippen molar-refractivity contribution >= 4 is 47.2 Å². The number of guanidine groups is 1. The zero-order valence-electron chi connectivity index (χ0n) is 14.4. The van der Waals surface area contributed by atoms with E-state index in [9.17, 15) is 4.79 Å². The summed E-state index contributed by atoms with van der Waals surface area (Å²) < 4.78 is 0. The fourth-order valence-corrected chi connectivity index (χ4v) is 3.47. The Hall–Kier alpha value is -0.900. The minimum Gasteiger partial charge on any atom is -0.355 e. The number of nitrogens with one attached hydrogen (secondary N) is 3. The van der Waals surface area contributed by atoms with E-state index in [0.29, 0.717) is 19.6 Å². The van der Waals surface area contributed by atoms with Gasteiger partial charge in [0.05, 0.1) is 6.54 Å². The third kappa shape index (κ3) is 7.33. The number of amides is 1. The Kier molecular flexibility index (Phi) is 10.2. The maximum atomic E-state index is 12.0. The molecule has 136 valence electrons. The maximum absolute atomic E-state index is 12.0. The minimum absolute atomic E-state index is 0. The number of nitrogens with zero attached hydrogens (tertiary/aromatic N) is 2. The average Bonchev–Trinajstić information content (AvgIpc) is 3.00. The van der Waals surface area contributed by atoms with Crippen LogP contribution in [0.1, 0.15) is 42.0 Å². The number of hydrogen-bond donors (Lipinski definition) is 3. The van der Waals surface area contributed by atoms with Crippen LogP contribution in [0.5, 0.6) is 0 Å². The zero-order valence-corrected chi connectivity index (χ0v) is 17.6. The summed E-state index contributed by atoms with van der Waals surface area (Å²) in [6, 6.07) is 0. The topological polar surface area (TPSA) is 78.4 Å². The zero-order chi connectivity index (χ0) is 16.5. The molecule has 0 spiro atoms. The second kappa shape index (κ2) is 11.6. The molecule has 2 rings (SSSR count). The van der Waals surface area contributed by atoms with Crippen LogP contribution in [0, 0.1) is 12.8 Å². The van der Waals surface area contributed by atoms with Crippen molar-refractivity contribution in [2.75, 3.05) is 20.1 Å². The van der Waals surface area contributed by atoms with Gasteiger partial charge < -0.3 is 16.0 Å². The Morgan fingerprint density at radius 3 is 2.58 bits per heavy atom. The summed E-state index contributed by atoms with van der Waals surface area (Å²) in [5.74, 6) is 1.15. The first-order valence-corrected chi connectivity index (χ1v) is 9.14. The van der Waals surface area contributed by atoms with Gasteiger partial charge in [0.1, 0.15) is 5.01 Å². The van der Waals surface area contributed by atoms with Gasteiger partial charge in [-0.25, -0.2) is 4.98 Å². The molecule has 0 unspecified atom stereocenters. The molecule has 1 fully saturated rings. The number of hydrogen-bond acceptors (Lipinski definition) is 4. The van der Waals surface area contributed by atoms with Gasteiger partial charge in [0.25, 0.3) is 0 Å². The van der Waals surface area contributed by atoms with E-state index in [1.165, 1.54) is 24.1 Å². The Morgan fingerprint density at radius 1 is 1.25 bits per heavy atom. The minimum atomic E-state index is 0. The smallest absolute Gasteiger partial charge is 0.223 e. The summed E-state index contributed by atoms with van der Waals surface area (Å²) in [5.41, 5.74) is 0. The molecular weight excluding hydrogens is 437 g/mol. The molecule has 1 amide bonds. The van der Waals surface area contributed by atoms with E-state index in [2.05, 4.69) is 25.9 Å². The molecule has 0 aromatic carbocycles. The molecule has 1 aliphatic rings. The molecule has 0 bridgehead atoms. The van der Waals surface area contributed by atoms with Crippen molar-refractivity contribution in [3.63, 3.8) is 0 Å². The second-order valence-corrected chi connectivity index (χ2v) is 7.16. The highest BCUT2D eigenvalue weighted by atomic mass is 127. The van der Waals surface area contributed by atoms with Gasteiger partial charge in [-0.3, -0.25) is 9.79 Å². The van der Waals surface area contributed by atoms with Gasteiger partial charge in [-0.15, -0.1) is 35.3 Å². The molecule has 6 nitrogen and oxygen atoms in total. The van der Waals surface area contributed by atoms with Crippen LogP contribution in [-0.4, -0.2) is 37.0 Å². The number of thiazole rings is 1. The molecular formula is C16H28IN5OS. The standard InChI is InChI=1S/C16H27N5OS.HI/c1-12-10-20-14(23-12)11-21-16(17-2)19-9-8-18-15(22)13-6-4-3-5-7-13;/h10,13H,3-9,11H2,1-2H3,(H,18,22)(H2,17,19,21);1H. The van der Waals surface area contributed by atoms with Crippen LogP contribution < -0.4 is 16.0 Å². The second-order valence-electron chi connectivity index (χ2n) is 5.84. The van der Waals surface area contributed by atoms with E-state index < -0.39 is 0 Å². The van der Waals surface area contributed by atoms with Crippen molar-refractivity contribution in [2.24, 2.45) is 10.9 Å². The molecule has 8 heteroatoms. The SMILES string of the molecule is CN=C(NCCNC(=O)C1CCCCC1)NCc1ncc(C)s1.I. The van der Waals surface area contributed by atoms with Crippen LogP contribution in [0.4, 0.5) is 0 Å². The summed E-state index contributed by atoms with van der Waals surface area (Å²) in [4.78, 5) is 21.7. The van der Waals surface area contributed by atoms with Crippen molar-refractivity contribution in [3.05, 3.63) is 16.1 Å². The van der Waals surface area contributed by atoms with Crippen molar-refractivity contribution in [2.45, 2.75) is 45.6 Å². The quantitative estimate of drug-likeness (QED) is 0.261. The average molecular weight is 465 g/mol. The Labute approximate surface area is 165 Å². The van der Waals surface area contributed by atoms with Crippen LogP contribution in [0.15, 0.2) is 11.2 Å². The summed E-state index contributed by atoms with van der Waals surface area (Å²) in [5, 5.41) is 10.5. The lowest BCUT2D eigenvalue weighted by Crippen LogP contribution is -2.42. The van der Waals surface area contributed by atoms with Gasteiger partial charge in [0, 0.05) is 37.1 Å². The van der Waals surface area contributed by atoms with Crippen molar-refractivity contribution < 1.29 is 4.79 Å². The lowest BCUT2D eigenvalue weighted by molar-refractivity contribution is -0.125. The first-order chi connectivity index (χ1) is 11.2. The Morgan fingerprint density at radius 2 is 1.96 bits per heavy atom. The van der Waals surface area contributed by atoms with Gasteiger partial charge in [-0.1, -0.05) is 19.3 Å². The Bertz CT molecular complexity index is 528. The fourth-order valence-electron chi connectivity index (χ4n) is 2.74. The van der Waals surface area contributed by atoms with E-state index in [1.54, 1.807) is 18.4 Å². The molecule has 1 aliphatic carbocycles. The summed E-state index contributed by atoms with van der Waals surface area (Å²) in [7, 11) is 1.74. The molecule has 3 N–H and O–H groups in total. The summed E-state index contributed by atoms with van der Waals surface area (Å²) in [6.45, 7) is 3.98. The number of aromatic nitrogens is 1. The monoisotopic (exact) mass is 465 g/mol. The molecule has 1 aromatic rings. The predicted molar refractivity (Wildman–Crippen MR) is 110 cm³/mol. The number of halogens is 1. The van der Waals surface area contributed by atoms with E-state index in [1.807, 2.05) is 13.1 Å². The number of aryl methyl sites for hydroxylation is 1. The van der Waals surface area contributed by atoms with Gasteiger partial charge in [-0.05, 0) is 19.8 Å². The normalized spacial score (nSPS) is 15.5. The molecule has 1 heterocycles. The van der Waals surface area contributed by atoms with Crippen molar-refractivity contribution in [1.82, 2.24) is 20.9 Å². The van der Waals surface area contributed by atoms with Crippen LogP contribution in [0.25, 0.3) is 0 Å². The third-order valence-corrected chi connectivity index (χ3v) is 4.91. The highest BCUT2D eigenvalue weighted by Crippen LogP contribution is 2.23. The molecule has 0 saturated heterocycles. The fraction of sp³-hybridized carbons (Fsp3) is 0.688. The van der Waals surface area contributed by atoms with Crippen LogP contribution in [0.2, 0.25) is 0 Å². The number of carbonyl (C=O) groups excluding carboxylic acids is 1. The molecule has 0 aliphatic heterocycles. The maximum Gasteiger partial charge on any atom is 0.223 e. The lowest BCUT2D eigenvalue weighted by atomic mass is 9.89. The van der Waals surface area contributed by atoms with Crippen molar-refractivity contribution in [3.8, 4) is 0 Å². The van der Waals surface area contributed by atoms with Gasteiger partial charge in [-0.2, -0.15) is 0 Å². The Balaban J connectivity index is 0.00000288. The molecule has 24 heavy (non-hydrogen) atoms. The number of aliphatic imine (C=N–C) groups is 1. The molecule has 0 radical (unpaired) electrons. The molecule has 0 atom stereocenters. The highest BCUT2D eigenvalue weighted by Gasteiger charge is 2.20. The number of carbonyl (C=O) groups is 1. The van der Waals surface area contributed by atoms with E-state index in [4.69, 9.17) is 0 Å². The largest absolute Gasteiger partial charge is 0.355 e. The van der Waals surface area contributed by atoms with Gasteiger partial charge in [0.15, 0.2) is 5.96 Å². The van der Waals surface area contributed by atoms with Crippen LogP contribution in [-0.2, 0) is 11.3 Å². The van der Waals surface area contributed by atoms with Gasteiger partial charge in [0.2, 0.25) is 5.91 Å². The van der Waals surface area contributed by atoms with E-state index in [-0.39, 0.29) is 35.8 Å². The first kappa shape index (κ1) is 21.1. The molecule has 1 saturated carbocycles. The predicted octanol–water partition coefficient (Wildman–Crippen LogP) is 2.43. The number of rotatable bonds is 6. The summed E-state index contributed by atoms with van der Waals surface area (Å²) in [6.07, 6.45) is 7.59. The van der Waals surface area contributed by atoms with E-state index >= 15 is 0 Å². The van der Waals surface area contributed by atoms with Crippen molar-refractivity contribution in [1.29, 1.82) is 0 Å². The first-order valence-electron chi connectivity index (χ1n) is 8.32. The van der Waals surface area contributed by atoms with Gasteiger partial charge >= 0.3 is 0 Å². The summed E-state index contributed by atoms with van der Waals surface area (Å²) >= 11 is 1.67.